The van der Waals surface area contributed by atoms with Crippen molar-refractivity contribution >= 4 is 36.7 Å². The van der Waals surface area contributed by atoms with Crippen LogP contribution in [0.1, 0.15) is 18.0 Å². The third kappa shape index (κ3) is 5.53. The molecule has 0 aromatic carbocycles. The van der Waals surface area contributed by atoms with Crippen LogP contribution in [0.25, 0.3) is 22.3 Å². The Morgan fingerprint density at radius 2 is 2.12 bits per heavy atom. The number of hydrogen-bond acceptors (Lipinski definition) is 7. The van der Waals surface area contributed by atoms with E-state index in [0.29, 0.717) is 25.6 Å². The predicted octanol–water partition coefficient (Wildman–Crippen LogP) is 5.83. The summed E-state index contributed by atoms with van der Waals surface area (Å²) in [6, 6.07) is 4.26. The van der Waals surface area contributed by atoms with Crippen LogP contribution in [-0.4, -0.2) is 69.5 Å². The summed E-state index contributed by atoms with van der Waals surface area (Å²) in [4.78, 5) is 15.6. The minimum absolute atomic E-state index is 0.0142. The highest BCUT2D eigenvalue weighted by Gasteiger charge is 2.34. The molecule has 212 valence electrons. The lowest BCUT2D eigenvalue weighted by Crippen LogP contribution is -2.27. The van der Waals surface area contributed by atoms with Gasteiger partial charge in [-0.15, -0.1) is 11.8 Å². The van der Waals surface area contributed by atoms with E-state index in [2.05, 4.69) is 39.7 Å². The van der Waals surface area contributed by atoms with Gasteiger partial charge >= 0.3 is 0 Å². The summed E-state index contributed by atoms with van der Waals surface area (Å²) < 4.78 is 38.9. The fourth-order valence-corrected chi connectivity index (χ4v) is 7.28. The molecule has 2 aliphatic rings. The third-order valence-corrected chi connectivity index (χ3v) is 10.6. The number of pyridine rings is 1. The van der Waals surface area contributed by atoms with Crippen molar-refractivity contribution in [2.75, 3.05) is 37.0 Å². The van der Waals surface area contributed by atoms with Gasteiger partial charge in [0, 0.05) is 62.8 Å². The lowest BCUT2D eigenvalue weighted by Gasteiger charge is -2.23. The molecular formula is C28H35F2N7OSSi. The van der Waals surface area contributed by atoms with Crippen LogP contribution in [0.5, 0.6) is 0 Å². The number of anilines is 1. The number of alkyl halides is 1. The molecule has 1 unspecified atom stereocenters. The fraction of sp³-hybridized carbons (Fsp3) is 0.500. The molecule has 40 heavy (non-hydrogen) atoms. The Labute approximate surface area is 238 Å². The van der Waals surface area contributed by atoms with Crippen molar-refractivity contribution < 1.29 is 13.5 Å². The van der Waals surface area contributed by atoms with Crippen molar-refractivity contribution in [3.05, 3.63) is 48.4 Å². The van der Waals surface area contributed by atoms with E-state index in [4.69, 9.17) is 4.74 Å². The number of aryl methyl sites for hydroxylation is 1. The Hall–Kier alpha value is -2.83. The van der Waals surface area contributed by atoms with E-state index in [9.17, 15) is 8.78 Å². The van der Waals surface area contributed by atoms with Crippen LogP contribution in [0.3, 0.4) is 0 Å². The molecule has 6 heterocycles. The second-order valence-corrected chi connectivity index (χ2v) is 18.6. The van der Waals surface area contributed by atoms with Gasteiger partial charge in [-0.25, -0.2) is 23.7 Å². The predicted molar refractivity (Wildman–Crippen MR) is 157 cm³/mol. The molecule has 4 aromatic rings. The van der Waals surface area contributed by atoms with E-state index >= 15 is 0 Å². The molecule has 4 aromatic heterocycles. The molecule has 0 saturated carbocycles. The third-order valence-electron chi connectivity index (χ3n) is 7.83. The van der Waals surface area contributed by atoms with Gasteiger partial charge < -0.3 is 14.2 Å². The molecule has 2 aliphatic heterocycles. The van der Waals surface area contributed by atoms with Gasteiger partial charge in [0.15, 0.2) is 11.6 Å². The molecule has 2 atom stereocenters. The number of nitrogens with zero attached hydrogens (tertiary/aromatic N) is 7. The molecule has 6 rings (SSSR count). The highest BCUT2D eigenvalue weighted by atomic mass is 32.2. The molecule has 1 saturated heterocycles. The zero-order valence-electron chi connectivity index (χ0n) is 23.2. The topological polar surface area (TPSA) is 73.9 Å². The second-order valence-electron chi connectivity index (χ2n) is 11.9. The van der Waals surface area contributed by atoms with Crippen molar-refractivity contribution in [2.24, 2.45) is 5.92 Å². The lowest BCUT2D eigenvalue weighted by molar-refractivity contribution is 0.0899. The molecule has 0 radical (unpaired) electrons. The summed E-state index contributed by atoms with van der Waals surface area (Å²) in [6.07, 6.45) is 8.70. The smallest absolute Gasteiger partial charge is 0.166 e. The Morgan fingerprint density at radius 1 is 1.25 bits per heavy atom. The van der Waals surface area contributed by atoms with Gasteiger partial charge in [-0.05, 0) is 36.6 Å². The molecule has 1 fully saturated rings. The van der Waals surface area contributed by atoms with Crippen LogP contribution in [-0.2, 0) is 17.9 Å². The first-order valence-electron chi connectivity index (χ1n) is 13.9. The van der Waals surface area contributed by atoms with Crippen molar-refractivity contribution in [1.29, 1.82) is 0 Å². The van der Waals surface area contributed by atoms with E-state index in [1.807, 2.05) is 27.9 Å². The maximum atomic E-state index is 14.9. The van der Waals surface area contributed by atoms with E-state index in [-0.39, 0.29) is 11.7 Å². The van der Waals surface area contributed by atoms with Gasteiger partial charge in [-0.2, -0.15) is 5.10 Å². The highest BCUT2D eigenvalue weighted by molar-refractivity contribution is 7.99. The first-order valence-corrected chi connectivity index (χ1v) is 18.6. The van der Waals surface area contributed by atoms with E-state index in [1.54, 1.807) is 35.0 Å². The SMILES string of the molecule is C[Si](C)(C)CCOCn1ccc2c(-c3cnn(C(CF)[C@H]4CCN(c5nc6c(cc5F)CCS6)C4)c3)ncnc21. The normalized spacial score (nSPS) is 18.1. The van der Waals surface area contributed by atoms with Crippen LogP contribution in [0.15, 0.2) is 42.1 Å². The second kappa shape index (κ2) is 11.2. The van der Waals surface area contributed by atoms with Crippen LogP contribution in [0.2, 0.25) is 25.7 Å². The van der Waals surface area contributed by atoms with Crippen LogP contribution in [0, 0.1) is 11.7 Å². The molecule has 12 heteroatoms. The number of hydrogen-bond donors (Lipinski definition) is 0. The summed E-state index contributed by atoms with van der Waals surface area (Å²) in [6.45, 7) is 8.80. The number of aromatic nitrogens is 6. The van der Waals surface area contributed by atoms with E-state index in [1.165, 1.54) is 0 Å². The molecule has 0 aliphatic carbocycles. The van der Waals surface area contributed by atoms with Crippen LogP contribution in [0.4, 0.5) is 14.6 Å². The molecular weight excluding hydrogens is 549 g/mol. The van der Waals surface area contributed by atoms with Gasteiger partial charge in [0.1, 0.15) is 30.4 Å². The zero-order chi connectivity index (χ0) is 27.9. The Bertz CT molecular complexity index is 1500. The van der Waals surface area contributed by atoms with Crippen molar-refractivity contribution in [1.82, 2.24) is 29.3 Å². The lowest BCUT2D eigenvalue weighted by atomic mass is 10.0. The fourth-order valence-electron chi connectivity index (χ4n) is 5.51. The average molecular weight is 584 g/mol. The molecule has 0 bridgehead atoms. The van der Waals surface area contributed by atoms with Crippen molar-refractivity contribution in [3.63, 3.8) is 0 Å². The van der Waals surface area contributed by atoms with Gasteiger partial charge in [0.25, 0.3) is 0 Å². The number of halogens is 2. The Kier molecular flexibility index (Phi) is 7.66. The standard InChI is InChI=1S/C28H35F2N7OSSi/c1-40(2,3)11-9-38-18-36-8-5-22-25(31-17-32-26(22)36)21-14-33-37(16-21)24(13-29)20-4-7-35(15-20)27-23(30)12-19-6-10-39-28(19)34-27/h5,8,12,14,16-17,20,24H,4,6-7,9-11,13,15,18H2,1-3H3/t20-,24?/m0/s1. The molecule has 0 N–H and O–H groups in total. The molecule has 8 nitrogen and oxygen atoms in total. The summed E-state index contributed by atoms with van der Waals surface area (Å²) in [5, 5.41) is 6.36. The monoisotopic (exact) mass is 583 g/mol. The average Bonchev–Trinajstić information content (AvgIpc) is 3.73. The number of thioether (sulfide) groups is 1. The summed E-state index contributed by atoms with van der Waals surface area (Å²) in [5.41, 5.74) is 3.34. The zero-order valence-corrected chi connectivity index (χ0v) is 25.0. The van der Waals surface area contributed by atoms with E-state index in [0.717, 1.165) is 64.1 Å². The largest absolute Gasteiger partial charge is 0.361 e. The number of rotatable bonds is 10. The highest BCUT2D eigenvalue weighted by Crippen LogP contribution is 2.37. The number of fused-ring (bicyclic) bond motifs is 2. The molecule has 0 amide bonds. The summed E-state index contributed by atoms with van der Waals surface area (Å²) >= 11 is 1.67. The quantitative estimate of drug-likeness (QED) is 0.172. The first-order chi connectivity index (χ1) is 19.3. The maximum absolute atomic E-state index is 14.9. The number of ether oxygens (including phenoxy) is 1. The van der Waals surface area contributed by atoms with Gasteiger partial charge in [-0.1, -0.05) is 19.6 Å². The first kappa shape index (κ1) is 27.3. The van der Waals surface area contributed by atoms with Crippen molar-refractivity contribution in [2.45, 2.75) is 56.3 Å². The maximum Gasteiger partial charge on any atom is 0.166 e. The summed E-state index contributed by atoms with van der Waals surface area (Å²) in [7, 11) is -1.15. The van der Waals surface area contributed by atoms with Crippen LogP contribution < -0.4 is 4.90 Å². The van der Waals surface area contributed by atoms with Gasteiger partial charge in [0.05, 0.1) is 17.9 Å². The summed E-state index contributed by atoms with van der Waals surface area (Å²) in [5.74, 6) is 1.02. The minimum Gasteiger partial charge on any atom is -0.361 e. The van der Waals surface area contributed by atoms with Crippen LogP contribution >= 0.6 is 11.8 Å². The Balaban J connectivity index is 1.17. The van der Waals surface area contributed by atoms with Gasteiger partial charge in [0.2, 0.25) is 0 Å². The van der Waals surface area contributed by atoms with E-state index < -0.39 is 20.8 Å². The Morgan fingerprint density at radius 3 is 2.95 bits per heavy atom. The van der Waals surface area contributed by atoms with Gasteiger partial charge in [-0.3, -0.25) is 4.68 Å². The molecule has 0 spiro atoms. The minimum atomic E-state index is -1.15. The van der Waals surface area contributed by atoms with Crippen molar-refractivity contribution in [3.8, 4) is 11.3 Å².